The van der Waals surface area contributed by atoms with E-state index in [-0.39, 0.29) is 18.1 Å². The lowest BCUT2D eigenvalue weighted by Gasteiger charge is -2.44. The zero-order valence-electron chi connectivity index (χ0n) is 23.3. The van der Waals surface area contributed by atoms with E-state index in [4.69, 9.17) is 4.74 Å². The van der Waals surface area contributed by atoms with Gasteiger partial charge in [0.15, 0.2) is 0 Å². The van der Waals surface area contributed by atoms with Gasteiger partial charge < -0.3 is 14.4 Å². The minimum absolute atomic E-state index is 0.0778. The van der Waals surface area contributed by atoms with Crippen LogP contribution in [0.5, 0.6) is 0 Å². The van der Waals surface area contributed by atoms with Gasteiger partial charge in [0, 0.05) is 6.54 Å². The number of carbonyl (C=O) groups is 1. The third kappa shape index (κ3) is 6.28. The monoisotopic (exact) mass is 527 g/mol. The molecular formula is C33H41NO3Si. The van der Waals surface area contributed by atoms with Gasteiger partial charge in [-0.3, -0.25) is 0 Å². The molecule has 200 valence electrons. The quantitative estimate of drug-likeness (QED) is 0.305. The molecule has 0 spiro atoms. The molecule has 0 saturated heterocycles. The van der Waals surface area contributed by atoms with Crippen molar-refractivity contribution in [3.8, 4) is 0 Å². The van der Waals surface area contributed by atoms with Crippen LogP contribution < -0.4 is 10.4 Å². The SMILES string of the molecule is CC(C)(C)OC(=O)N1C[C@@H](CC(C)(C)[Si](O)(c2ccccc2)c2ccccc2)C=C[C@@H]1Cc1ccccc1. The maximum Gasteiger partial charge on any atom is 0.410 e. The van der Waals surface area contributed by atoms with Gasteiger partial charge in [0.05, 0.1) is 6.04 Å². The van der Waals surface area contributed by atoms with Crippen LogP contribution in [0.3, 0.4) is 0 Å². The number of ether oxygens (including phenoxy) is 1. The second kappa shape index (κ2) is 11.3. The molecule has 0 fully saturated rings. The molecule has 0 aromatic heterocycles. The molecule has 1 heterocycles. The summed E-state index contributed by atoms with van der Waals surface area (Å²) in [5.74, 6) is 0.0935. The lowest BCUT2D eigenvalue weighted by atomic mass is 9.90. The Bertz CT molecular complexity index is 1180. The zero-order chi connectivity index (χ0) is 27.4. The molecule has 2 atom stereocenters. The van der Waals surface area contributed by atoms with E-state index in [0.717, 1.165) is 23.2 Å². The Morgan fingerprint density at radius 2 is 1.34 bits per heavy atom. The first-order valence-electron chi connectivity index (χ1n) is 13.5. The second-order valence-electron chi connectivity index (χ2n) is 12.1. The summed E-state index contributed by atoms with van der Waals surface area (Å²) in [5, 5.41) is 1.60. The second-order valence-corrected chi connectivity index (χ2v) is 16.0. The van der Waals surface area contributed by atoms with E-state index in [1.165, 1.54) is 5.56 Å². The van der Waals surface area contributed by atoms with Crippen LogP contribution >= 0.6 is 0 Å². The highest BCUT2D eigenvalue weighted by atomic mass is 28.4. The average Bonchev–Trinajstić information content (AvgIpc) is 2.89. The highest BCUT2D eigenvalue weighted by Crippen LogP contribution is 2.43. The van der Waals surface area contributed by atoms with Crippen molar-refractivity contribution >= 4 is 24.8 Å². The summed E-state index contributed by atoms with van der Waals surface area (Å²) in [6.07, 6.45) is 5.60. The van der Waals surface area contributed by atoms with E-state index in [2.05, 4.69) is 62.4 Å². The molecule has 0 aliphatic carbocycles. The lowest BCUT2D eigenvalue weighted by molar-refractivity contribution is 0.0156. The Hall–Kier alpha value is -3.15. The van der Waals surface area contributed by atoms with Gasteiger partial charge in [-0.15, -0.1) is 0 Å². The summed E-state index contributed by atoms with van der Waals surface area (Å²) in [4.78, 5) is 27.9. The number of rotatable bonds is 7. The third-order valence-electron chi connectivity index (χ3n) is 7.49. The first-order chi connectivity index (χ1) is 18.0. The predicted molar refractivity (Wildman–Crippen MR) is 158 cm³/mol. The van der Waals surface area contributed by atoms with Crippen LogP contribution in [0, 0.1) is 5.92 Å². The summed E-state index contributed by atoms with van der Waals surface area (Å²) in [6, 6.07) is 30.4. The maximum atomic E-state index is 13.4. The van der Waals surface area contributed by atoms with Crippen LogP contribution in [-0.4, -0.2) is 42.3 Å². The standard InChI is InChI=1S/C33H41NO3Si/c1-32(2,3)37-31(35)34-25-27(21-22-28(34)23-26-15-9-6-10-16-26)24-33(4,5)38(36,29-17-11-7-12-18-29)30-19-13-8-14-20-30/h6-22,27-28,36H,23-25H2,1-5H3/t27-,28-/m1/s1. The molecule has 5 heteroatoms. The number of hydrogen-bond acceptors (Lipinski definition) is 3. The van der Waals surface area contributed by atoms with Gasteiger partial charge in [0.25, 0.3) is 8.32 Å². The Labute approximate surface area is 229 Å². The van der Waals surface area contributed by atoms with Gasteiger partial charge in [-0.25, -0.2) is 4.79 Å². The molecular weight excluding hydrogens is 486 g/mol. The van der Waals surface area contributed by atoms with E-state index < -0.39 is 19.0 Å². The number of carbonyl (C=O) groups excluding carboxylic acids is 1. The van der Waals surface area contributed by atoms with E-state index in [9.17, 15) is 9.59 Å². The first kappa shape index (κ1) is 27.9. The minimum Gasteiger partial charge on any atom is -0.444 e. The molecule has 1 aliphatic heterocycles. The van der Waals surface area contributed by atoms with Gasteiger partial charge in [-0.05, 0) is 60.5 Å². The van der Waals surface area contributed by atoms with Gasteiger partial charge in [-0.1, -0.05) is 117 Å². The summed E-state index contributed by atoms with van der Waals surface area (Å²) >= 11 is 0. The largest absolute Gasteiger partial charge is 0.444 e. The van der Waals surface area contributed by atoms with Gasteiger partial charge >= 0.3 is 6.09 Å². The molecule has 3 aromatic carbocycles. The van der Waals surface area contributed by atoms with Crippen LogP contribution in [0.1, 0.15) is 46.6 Å². The molecule has 4 nitrogen and oxygen atoms in total. The summed E-state index contributed by atoms with van der Waals surface area (Å²) < 4.78 is 5.84. The third-order valence-corrected chi connectivity index (χ3v) is 12.0. The van der Waals surface area contributed by atoms with Crippen molar-refractivity contribution in [1.82, 2.24) is 4.90 Å². The molecule has 1 N–H and O–H groups in total. The van der Waals surface area contributed by atoms with Crippen molar-refractivity contribution in [1.29, 1.82) is 0 Å². The molecule has 1 aliphatic rings. The number of benzene rings is 3. The van der Waals surface area contributed by atoms with Crippen molar-refractivity contribution in [2.75, 3.05) is 6.54 Å². The number of nitrogens with zero attached hydrogens (tertiary/aromatic N) is 1. The van der Waals surface area contributed by atoms with Gasteiger partial charge in [0.1, 0.15) is 5.60 Å². The van der Waals surface area contributed by atoms with Crippen molar-refractivity contribution in [3.63, 3.8) is 0 Å². The molecule has 4 rings (SSSR count). The topological polar surface area (TPSA) is 49.8 Å². The van der Waals surface area contributed by atoms with Crippen LogP contribution in [0.2, 0.25) is 5.04 Å². The fourth-order valence-electron chi connectivity index (χ4n) is 5.65. The van der Waals surface area contributed by atoms with E-state index in [1.807, 2.05) is 80.3 Å². The van der Waals surface area contributed by atoms with Crippen molar-refractivity contribution in [3.05, 3.63) is 109 Å². The molecule has 0 bridgehead atoms. The van der Waals surface area contributed by atoms with Gasteiger partial charge in [-0.2, -0.15) is 0 Å². The fourth-order valence-corrected chi connectivity index (χ4v) is 9.45. The van der Waals surface area contributed by atoms with E-state index in [1.54, 1.807) is 0 Å². The molecule has 38 heavy (non-hydrogen) atoms. The fraction of sp³-hybridized carbons (Fsp3) is 0.364. The number of hydrogen-bond donors (Lipinski definition) is 1. The van der Waals surface area contributed by atoms with Crippen molar-refractivity contribution in [2.24, 2.45) is 5.92 Å². The zero-order valence-corrected chi connectivity index (χ0v) is 24.3. The maximum absolute atomic E-state index is 13.4. The minimum atomic E-state index is -3.15. The summed E-state index contributed by atoms with van der Waals surface area (Å²) in [5.41, 5.74) is 0.613. The van der Waals surface area contributed by atoms with Crippen LogP contribution in [0.25, 0.3) is 0 Å². The van der Waals surface area contributed by atoms with E-state index in [0.29, 0.717) is 6.54 Å². The molecule has 0 saturated carbocycles. The number of amides is 1. The highest BCUT2D eigenvalue weighted by Gasteiger charge is 2.51. The average molecular weight is 528 g/mol. The van der Waals surface area contributed by atoms with Crippen molar-refractivity contribution in [2.45, 2.75) is 64.1 Å². The normalized spacial score (nSPS) is 18.3. The Morgan fingerprint density at radius 1 is 0.842 bits per heavy atom. The summed E-state index contributed by atoms with van der Waals surface area (Å²) in [6.45, 7) is 10.6. The van der Waals surface area contributed by atoms with Crippen LogP contribution in [0.15, 0.2) is 103 Å². The Kier molecular flexibility index (Phi) is 8.29. The molecule has 0 radical (unpaired) electrons. The van der Waals surface area contributed by atoms with Crippen LogP contribution in [0.4, 0.5) is 4.79 Å². The van der Waals surface area contributed by atoms with Crippen LogP contribution in [-0.2, 0) is 11.2 Å². The van der Waals surface area contributed by atoms with E-state index >= 15 is 0 Å². The lowest BCUT2D eigenvalue weighted by Crippen LogP contribution is -2.65. The van der Waals surface area contributed by atoms with Gasteiger partial charge in [0.2, 0.25) is 0 Å². The first-order valence-corrected chi connectivity index (χ1v) is 15.5. The summed E-state index contributed by atoms with van der Waals surface area (Å²) in [7, 11) is -3.15. The highest BCUT2D eigenvalue weighted by molar-refractivity contribution is 6.98. The molecule has 0 unspecified atom stereocenters. The molecule has 3 aromatic rings. The predicted octanol–water partition coefficient (Wildman–Crippen LogP) is 5.94. The Balaban J connectivity index is 1.64. The van der Waals surface area contributed by atoms with Crippen molar-refractivity contribution < 1.29 is 14.3 Å². The smallest absolute Gasteiger partial charge is 0.410 e. The Morgan fingerprint density at radius 3 is 1.84 bits per heavy atom. The molecule has 1 amide bonds.